The van der Waals surface area contributed by atoms with Gasteiger partial charge in [0.25, 0.3) is 0 Å². The van der Waals surface area contributed by atoms with E-state index in [-0.39, 0.29) is 0 Å². The first kappa shape index (κ1) is 9.91. The number of nitrogens with one attached hydrogen (secondary N) is 1. The normalized spacial score (nSPS) is 26.1. The largest absolute Gasteiger partial charge is 0.459 e. The zero-order valence-corrected chi connectivity index (χ0v) is 9.57. The zero-order chi connectivity index (χ0) is 11.0. The third-order valence-corrected chi connectivity index (χ3v) is 3.45. The Morgan fingerprint density at radius 1 is 1.31 bits per heavy atom. The molecule has 84 valence electrons. The molecular formula is C14H17NO. The van der Waals surface area contributed by atoms with E-state index >= 15 is 0 Å². The van der Waals surface area contributed by atoms with Gasteiger partial charge in [-0.15, -0.1) is 0 Å². The second-order valence-corrected chi connectivity index (χ2v) is 4.82. The lowest BCUT2D eigenvalue weighted by atomic mass is 9.93. The van der Waals surface area contributed by atoms with Gasteiger partial charge in [-0.1, -0.05) is 25.1 Å². The van der Waals surface area contributed by atoms with Crippen molar-refractivity contribution >= 4 is 11.0 Å². The molecule has 2 heterocycles. The second-order valence-electron chi connectivity index (χ2n) is 4.82. The fourth-order valence-electron chi connectivity index (χ4n) is 2.50. The van der Waals surface area contributed by atoms with Gasteiger partial charge in [-0.2, -0.15) is 0 Å². The lowest BCUT2D eigenvalue weighted by molar-refractivity contribution is 0.294. The number of furan rings is 1. The van der Waals surface area contributed by atoms with E-state index in [1.165, 1.54) is 18.2 Å². The molecule has 1 aliphatic heterocycles. The van der Waals surface area contributed by atoms with Gasteiger partial charge in [-0.05, 0) is 37.4 Å². The Labute approximate surface area is 95.6 Å². The van der Waals surface area contributed by atoms with Crippen molar-refractivity contribution < 1.29 is 4.42 Å². The minimum atomic E-state index is 0.399. The SMILES string of the molecule is CC1CCNC(c2cc3ccccc3o2)C1. The standard InChI is InChI=1S/C14H17NO/c1-10-6-7-15-12(8-10)14-9-11-4-2-3-5-13(11)16-14/h2-5,9-10,12,15H,6-8H2,1H3. The van der Waals surface area contributed by atoms with Crippen LogP contribution in [0.3, 0.4) is 0 Å². The van der Waals surface area contributed by atoms with Gasteiger partial charge < -0.3 is 9.73 Å². The summed E-state index contributed by atoms with van der Waals surface area (Å²) in [6.07, 6.45) is 2.45. The molecule has 2 heteroatoms. The molecule has 3 rings (SSSR count). The number of fused-ring (bicyclic) bond motifs is 1. The Kier molecular flexibility index (Phi) is 2.44. The Hall–Kier alpha value is -1.28. The van der Waals surface area contributed by atoms with Gasteiger partial charge in [0.1, 0.15) is 11.3 Å². The van der Waals surface area contributed by atoms with Gasteiger partial charge in [0.15, 0.2) is 0 Å². The highest BCUT2D eigenvalue weighted by atomic mass is 16.3. The minimum Gasteiger partial charge on any atom is -0.459 e. The van der Waals surface area contributed by atoms with E-state index in [9.17, 15) is 0 Å². The first-order chi connectivity index (χ1) is 7.83. The molecule has 1 aromatic carbocycles. The maximum Gasteiger partial charge on any atom is 0.134 e. The number of hydrogen-bond donors (Lipinski definition) is 1. The van der Waals surface area contributed by atoms with Crippen LogP contribution in [-0.2, 0) is 0 Å². The third-order valence-electron chi connectivity index (χ3n) is 3.45. The van der Waals surface area contributed by atoms with Crippen LogP contribution < -0.4 is 5.32 Å². The maximum absolute atomic E-state index is 5.89. The van der Waals surface area contributed by atoms with Crippen LogP contribution >= 0.6 is 0 Å². The van der Waals surface area contributed by atoms with Crippen LogP contribution in [0.4, 0.5) is 0 Å². The Balaban J connectivity index is 1.93. The van der Waals surface area contributed by atoms with Crippen LogP contribution in [-0.4, -0.2) is 6.54 Å². The average molecular weight is 215 g/mol. The number of para-hydroxylation sites is 1. The van der Waals surface area contributed by atoms with Crippen molar-refractivity contribution in [2.24, 2.45) is 5.92 Å². The van der Waals surface area contributed by atoms with Crippen LogP contribution in [0.2, 0.25) is 0 Å². The number of hydrogen-bond acceptors (Lipinski definition) is 2. The summed E-state index contributed by atoms with van der Waals surface area (Å²) in [6, 6.07) is 10.8. The maximum atomic E-state index is 5.89. The molecule has 2 unspecified atom stereocenters. The van der Waals surface area contributed by atoms with Crippen molar-refractivity contribution in [3.63, 3.8) is 0 Å². The summed E-state index contributed by atoms with van der Waals surface area (Å²) in [4.78, 5) is 0. The number of piperidine rings is 1. The summed E-state index contributed by atoms with van der Waals surface area (Å²) in [5.41, 5.74) is 0.998. The second kappa shape index (κ2) is 3.95. The van der Waals surface area contributed by atoms with E-state index in [2.05, 4.69) is 30.4 Å². The molecule has 2 atom stereocenters. The highest BCUT2D eigenvalue weighted by molar-refractivity contribution is 5.77. The van der Waals surface area contributed by atoms with Crippen LogP contribution in [0, 0.1) is 5.92 Å². The fraction of sp³-hybridized carbons (Fsp3) is 0.429. The van der Waals surface area contributed by atoms with E-state index in [0.717, 1.165) is 23.8 Å². The van der Waals surface area contributed by atoms with Crippen molar-refractivity contribution in [2.75, 3.05) is 6.54 Å². The quantitative estimate of drug-likeness (QED) is 0.787. The summed E-state index contributed by atoms with van der Waals surface area (Å²) in [5, 5.41) is 4.74. The van der Waals surface area contributed by atoms with E-state index in [4.69, 9.17) is 4.42 Å². The van der Waals surface area contributed by atoms with E-state index in [1.807, 2.05) is 12.1 Å². The van der Waals surface area contributed by atoms with E-state index in [1.54, 1.807) is 0 Å². The smallest absolute Gasteiger partial charge is 0.134 e. The summed E-state index contributed by atoms with van der Waals surface area (Å²) < 4.78 is 5.89. The summed E-state index contributed by atoms with van der Waals surface area (Å²) >= 11 is 0. The minimum absolute atomic E-state index is 0.399. The van der Waals surface area contributed by atoms with Crippen molar-refractivity contribution in [3.8, 4) is 0 Å². The van der Waals surface area contributed by atoms with E-state index in [0.29, 0.717) is 6.04 Å². The van der Waals surface area contributed by atoms with Crippen molar-refractivity contribution in [1.82, 2.24) is 5.32 Å². The molecule has 0 spiro atoms. The van der Waals surface area contributed by atoms with Crippen molar-refractivity contribution in [3.05, 3.63) is 36.1 Å². The van der Waals surface area contributed by atoms with Crippen LogP contribution in [0.1, 0.15) is 31.6 Å². The first-order valence-corrected chi connectivity index (χ1v) is 6.05. The Bertz CT molecular complexity index is 455. The molecule has 2 aromatic rings. The molecule has 1 fully saturated rings. The number of benzene rings is 1. The van der Waals surface area contributed by atoms with Gasteiger partial charge >= 0.3 is 0 Å². The predicted molar refractivity (Wildman–Crippen MR) is 65.4 cm³/mol. The molecule has 0 radical (unpaired) electrons. The predicted octanol–water partition coefficient (Wildman–Crippen LogP) is 3.49. The molecule has 2 nitrogen and oxygen atoms in total. The van der Waals surface area contributed by atoms with Gasteiger partial charge in [0, 0.05) is 5.39 Å². The Morgan fingerprint density at radius 2 is 2.19 bits per heavy atom. The van der Waals surface area contributed by atoms with Crippen molar-refractivity contribution in [2.45, 2.75) is 25.8 Å². The highest BCUT2D eigenvalue weighted by Crippen LogP contribution is 2.30. The molecule has 1 aromatic heterocycles. The van der Waals surface area contributed by atoms with Crippen molar-refractivity contribution in [1.29, 1.82) is 0 Å². The molecular weight excluding hydrogens is 198 g/mol. The fourth-order valence-corrected chi connectivity index (χ4v) is 2.50. The molecule has 0 aliphatic carbocycles. The topological polar surface area (TPSA) is 25.2 Å². The monoisotopic (exact) mass is 215 g/mol. The first-order valence-electron chi connectivity index (χ1n) is 6.05. The van der Waals surface area contributed by atoms with Gasteiger partial charge in [-0.25, -0.2) is 0 Å². The van der Waals surface area contributed by atoms with E-state index < -0.39 is 0 Å². The van der Waals surface area contributed by atoms with Crippen LogP contribution in [0.15, 0.2) is 34.7 Å². The van der Waals surface area contributed by atoms with Gasteiger partial charge in [-0.3, -0.25) is 0 Å². The molecule has 16 heavy (non-hydrogen) atoms. The molecule has 1 aliphatic rings. The zero-order valence-electron chi connectivity index (χ0n) is 9.57. The van der Waals surface area contributed by atoms with Gasteiger partial charge in [0.2, 0.25) is 0 Å². The third kappa shape index (κ3) is 1.74. The Morgan fingerprint density at radius 3 is 3.00 bits per heavy atom. The molecule has 1 N–H and O–H groups in total. The summed E-state index contributed by atoms with van der Waals surface area (Å²) in [6.45, 7) is 3.42. The summed E-state index contributed by atoms with van der Waals surface area (Å²) in [7, 11) is 0. The lowest BCUT2D eigenvalue weighted by Crippen LogP contribution is -2.30. The molecule has 0 bridgehead atoms. The van der Waals surface area contributed by atoms with Gasteiger partial charge in [0.05, 0.1) is 6.04 Å². The molecule has 1 saturated heterocycles. The lowest BCUT2D eigenvalue weighted by Gasteiger charge is -2.26. The van der Waals surface area contributed by atoms with Crippen LogP contribution in [0.5, 0.6) is 0 Å². The highest BCUT2D eigenvalue weighted by Gasteiger charge is 2.22. The average Bonchev–Trinajstić information content (AvgIpc) is 2.72. The number of rotatable bonds is 1. The van der Waals surface area contributed by atoms with Crippen LogP contribution in [0.25, 0.3) is 11.0 Å². The molecule has 0 amide bonds. The summed E-state index contributed by atoms with van der Waals surface area (Å²) in [5.74, 6) is 1.88. The molecule has 0 saturated carbocycles.